The summed E-state index contributed by atoms with van der Waals surface area (Å²) in [5.74, 6) is -1.20. The molecule has 2 N–H and O–H groups in total. The standard InChI is InChI=1S/C12H11ClFN3O2/c1-2-19-12(18)11-10(15)6-17(16-11)7-3-4-8(13)9(14)5-7/h3-6H,2,15H2,1H3. The van der Waals surface area contributed by atoms with Gasteiger partial charge < -0.3 is 10.5 Å². The van der Waals surface area contributed by atoms with Gasteiger partial charge in [0.05, 0.1) is 29.2 Å². The number of anilines is 1. The number of halogens is 2. The van der Waals surface area contributed by atoms with Crippen molar-refractivity contribution in [2.75, 3.05) is 12.3 Å². The zero-order chi connectivity index (χ0) is 14.0. The van der Waals surface area contributed by atoms with Crippen molar-refractivity contribution in [1.29, 1.82) is 0 Å². The number of hydrogen-bond donors (Lipinski definition) is 1. The molecule has 0 unspecified atom stereocenters. The average molecular weight is 284 g/mol. The molecule has 5 nitrogen and oxygen atoms in total. The van der Waals surface area contributed by atoms with Gasteiger partial charge in [-0.3, -0.25) is 0 Å². The molecule has 1 aromatic heterocycles. The Morgan fingerprint density at radius 3 is 2.95 bits per heavy atom. The molecular formula is C12H11ClFN3O2. The van der Waals surface area contributed by atoms with Gasteiger partial charge in [-0.25, -0.2) is 13.9 Å². The van der Waals surface area contributed by atoms with Crippen LogP contribution in [0.4, 0.5) is 10.1 Å². The van der Waals surface area contributed by atoms with Crippen molar-refractivity contribution >= 4 is 23.3 Å². The molecule has 1 aromatic carbocycles. The van der Waals surface area contributed by atoms with E-state index in [1.165, 1.54) is 23.0 Å². The number of benzene rings is 1. The highest BCUT2D eigenvalue weighted by atomic mass is 35.5. The van der Waals surface area contributed by atoms with Crippen LogP contribution in [0.1, 0.15) is 17.4 Å². The van der Waals surface area contributed by atoms with E-state index in [-0.39, 0.29) is 23.0 Å². The van der Waals surface area contributed by atoms with Crippen LogP contribution in [0, 0.1) is 5.82 Å². The highest BCUT2D eigenvalue weighted by molar-refractivity contribution is 6.30. The smallest absolute Gasteiger partial charge is 0.361 e. The Bertz CT molecular complexity index is 627. The summed E-state index contributed by atoms with van der Waals surface area (Å²) in [5, 5.41) is 3.99. The number of rotatable bonds is 3. The van der Waals surface area contributed by atoms with Crippen LogP contribution >= 0.6 is 11.6 Å². The number of aromatic nitrogens is 2. The van der Waals surface area contributed by atoms with Crippen LogP contribution in [0.3, 0.4) is 0 Å². The second kappa shape index (κ2) is 5.27. The molecular weight excluding hydrogens is 273 g/mol. The monoisotopic (exact) mass is 283 g/mol. The molecule has 0 aliphatic rings. The van der Waals surface area contributed by atoms with E-state index in [4.69, 9.17) is 22.1 Å². The van der Waals surface area contributed by atoms with Crippen LogP contribution < -0.4 is 5.73 Å². The summed E-state index contributed by atoms with van der Waals surface area (Å²) in [7, 11) is 0. The molecule has 0 fully saturated rings. The molecule has 19 heavy (non-hydrogen) atoms. The molecule has 0 saturated carbocycles. The van der Waals surface area contributed by atoms with Crippen molar-refractivity contribution in [2.24, 2.45) is 0 Å². The molecule has 0 atom stereocenters. The summed E-state index contributed by atoms with van der Waals surface area (Å²) in [6.07, 6.45) is 1.41. The molecule has 2 aromatic rings. The number of carbonyl (C=O) groups excluding carboxylic acids is 1. The fourth-order valence-electron chi connectivity index (χ4n) is 1.51. The molecule has 100 valence electrons. The normalized spacial score (nSPS) is 10.5. The number of carbonyl (C=O) groups is 1. The van der Waals surface area contributed by atoms with Crippen molar-refractivity contribution in [3.63, 3.8) is 0 Å². The lowest BCUT2D eigenvalue weighted by molar-refractivity contribution is 0.0520. The van der Waals surface area contributed by atoms with E-state index in [1.54, 1.807) is 13.0 Å². The summed E-state index contributed by atoms with van der Waals surface area (Å²) >= 11 is 5.59. The number of ether oxygens (including phenoxy) is 1. The molecule has 0 bridgehead atoms. The molecule has 0 spiro atoms. The summed E-state index contributed by atoms with van der Waals surface area (Å²) in [4.78, 5) is 11.6. The zero-order valence-electron chi connectivity index (χ0n) is 10.1. The van der Waals surface area contributed by atoms with Gasteiger partial charge in [-0.2, -0.15) is 5.10 Å². The first-order chi connectivity index (χ1) is 9.02. The first-order valence-corrected chi connectivity index (χ1v) is 5.88. The number of hydrogen-bond acceptors (Lipinski definition) is 4. The first-order valence-electron chi connectivity index (χ1n) is 5.50. The van der Waals surface area contributed by atoms with Crippen molar-refractivity contribution in [2.45, 2.75) is 6.92 Å². The van der Waals surface area contributed by atoms with Gasteiger partial charge in [-0.05, 0) is 19.1 Å². The predicted molar refractivity (Wildman–Crippen MR) is 68.9 cm³/mol. The molecule has 1 heterocycles. The Labute approximate surface area is 113 Å². The van der Waals surface area contributed by atoms with E-state index in [1.807, 2.05) is 0 Å². The number of nitrogens with zero attached hydrogens (tertiary/aromatic N) is 2. The second-order valence-corrected chi connectivity index (χ2v) is 4.10. The maximum Gasteiger partial charge on any atom is 0.361 e. The van der Waals surface area contributed by atoms with E-state index in [0.717, 1.165) is 0 Å². The van der Waals surface area contributed by atoms with Gasteiger partial charge in [-0.1, -0.05) is 11.6 Å². The molecule has 0 radical (unpaired) electrons. The molecule has 0 aliphatic heterocycles. The van der Waals surface area contributed by atoms with E-state index < -0.39 is 11.8 Å². The van der Waals surface area contributed by atoms with Crippen LogP contribution in [-0.2, 0) is 4.74 Å². The van der Waals surface area contributed by atoms with Crippen LogP contribution in [0.15, 0.2) is 24.4 Å². The fraction of sp³-hybridized carbons (Fsp3) is 0.167. The lowest BCUT2D eigenvalue weighted by Crippen LogP contribution is -2.08. The van der Waals surface area contributed by atoms with Crippen molar-refractivity contribution in [1.82, 2.24) is 9.78 Å². The van der Waals surface area contributed by atoms with Gasteiger partial charge >= 0.3 is 5.97 Å². The minimum Gasteiger partial charge on any atom is -0.461 e. The van der Waals surface area contributed by atoms with Crippen LogP contribution in [-0.4, -0.2) is 22.4 Å². The third-order valence-electron chi connectivity index (χ3n) is 2.38. The van der Waals surface area contributed by atoms with Gasteiger partial charge in [0, 0.05) is 6.07 Å². The van der Waals surface area contributed by atoms with E-state index in [2.05, 4.69) is 5.10 Å². The van der Waals surface area contributed by atoms with Crippen molar-refractivity contribution < 1.29 is 13.9 Å². The van der Waals surface area contributed by atoms with Crippen LogP contribution in [0.5, 0.6) is 0 Å². The van der Waals surface area contributed by atoms with E-state index in [0.29, 0.717) is 5.69 Å². The Hall–Kier alpha value is -2.08. The molecule has 2 rings (SSSR count). The predicted octanol–water partition coefficient (Wildman–Crippen LogP) is 2.42. The Morgan fingerprint density at radius 1 is 1.58 bits per heavy atom. The SMILES string of the molecule is CCOC(=O)c1nn(-c2ccc(Cl)c(F)c2)cc1N. The lowest BCUT2D eigenvalue weighted by atomic mass is 10.3. The number of nitrogens with two attached hydrogens (primary N) is 1. The summed E-state index contributed by atoms with van der Waals surface area (Å²) < 4.78 is 19.5. The first kappa shape index (κ1) is 13.4. The highest BCUT2D eigenvalue weighted by Gasteiger charge is 2.16. The largest absolute Gasteiger partial charge is 0.461 e. The molecule has 0 saturated heterocycles. The van der Waals surface area contributed by atoms with Gasteiger partial charge in [0.15, 0.2) is 5.69 Å². The van der Waals surface area contributed by atoms with Gasteiger partial charge in [0.25, 0.3) is 0 Å². The van der Waals surface area contributed by atoms with Crippen molar-refractivity contribution in [3.05, 3.63) is 40.9 Å². The molecule has 7 heteroatoms. The highest BCUT2D eigenvalue weighted by Crippen LogP contribution is 2.20. The lowest BCUT2D eigenvalue weighted by Gasteiger charge is -2.02. The quantitative estimate of drug-likeness (QED) is 0.878. The maximum atomic E-state index is 13.4. The van der Waals surface area contributed by atoms with E-state index >= 15 is 0 Å². The minimum absolute atomic E-state index is 0.00259. The molecule has 0 aliphatic carbocycles. The summed E-state index contributed by atoms with van der Waals surface area (Å²) in [6, 6.07) is 4.16. The topological polar surface area (TPSA) is 70.1 Å². The summed E-state index contributed by atoms with van der Waals surface area (Å²) in [6.45, 7) is 1.90. The third-order valence-corrected chi connectivity index (χ3v) is 2.69. The number of nitrogen functional groups attached to an aromatic ring is 1. The van der Waals surface area contributed by atoms with E-state index in [9.17, 15) is 9.18 Å². The number of esters is 1. The van der Waals surface area contributed by atoms with Gasteiger partial charge in [0.1, 0.15) is 5.82 Å². The Kier molecular flexibility index (Phi) is 3.71. The Morgan fingerprint density at radius 2 is 2.32 bits per heavy atom. The fourth-order valence-corrected chi connectivity index (χ4v) is 1.62. The van der Waals surface area contributed by atoms with Crippen LogP contribution in [0.2, 0.25) is 5.02 Å². The average Bonchev–Trinajstić information content (AvgIpc) is 2.75. The minimum atomic E-state index is -0.617. The third kappa shape index (κ3) is 2.68. The summed E-state index contributed by atoms with van der Waals surface area (Å²) in [5.41, 5.74) is 6.24. The maximum absolute atomic E-state index is 13.4. The molecule has 0 amide bonds. The Balaban J connectivity index is 2.38. The second-order valence-electron chi connectivity index (χ2n) is 3.70. The van der Waals surface area contributed by atoms with Gasteiger partial charge in [0.2, 0.25) is 0 Å². The zero-order valence-corrected chi connectivity index (χ0v) is 10.8. The van der Waals surface area contributed by atoms with Crippen LogP contribution in [0.25, 0.3) is 5.69 Å². The van der Waals surface area contributed by atoms with Crippen molar-refractivity contribution in [3.8, 4) is 5.69 Å². The van der Waals surface area contributed by atoms with Gasteiger partial charge in [-0.15, -0.1) is 0 Å².